The summed E-state index contributed by atoms with van der Waals surface area (Å²) in [4.78, 5) is 11.9. The van der Waals surface area contributed by atoms with Crippen LogP contribution >= 0.6 is 0 Å². The zero-order valence-corrected chi connectivity index (χ0v) is 13.4. The molecule has 1 aromatic heterocycles. The van der Waals surface area contributed by atoms with Gasteiger partial charge in [-0.2, -0.15) is 0 Å². The molecule has 0 unspecified atom stereocenters. The third-order valence-electron chi connectivity index (χ3n) is 3.47. The molecule has 0 atom stereocenters. The SMILES string of the molecule is CCCCNC(=O)c1ccc(COc2c(C)cccc2C)o1. The van der Waals surface area contributed by atoms with Gasteiger partial charge < -0.3 is 14.5 Å². The highest BCUT2D eigenvalue weighted by Crippen LogP contribution is 2.23. The number of para-hydroxylation sites is 1. The zero-order chi connectivity index (χ0) is 15.9. The van der Waals surface area contributed by atoms with E-state index in [-0.39, 0.29) is 5.91 Å². The third kappa shape index (κ3) is 4.13. The van der Waals surface area contributed by atoms with E-state index in [2.05, 4.69) is 12.2 Å². The molecule has 0 bridgehead atoms. The van der Waals surface area contributed by atoms with Crippen molar-refractivity contribution >= 4 is 5.91 Å². The third-order valence-corrected chi connectivity index (χ3v) is 3.47. The van der Waals surface area contributed by atoms with Gasteiger partial charge in [0.15, 0.2) is 5.76 Å². The summed E-state index contributed by atoms with van der Waals surface area (Å²) in [6.45, 7) is 7.09. The fourth-order valence-electron chi connectivity index (χ4n) is 2.21. The predicted octanol–water partition coefficient (Wildman–Crippen LogP) is 4.01. The quantitative estimate of drug-likeness (QED) is 0.786. The van der Waals surface area contributed by atoms with Crippen LogP contribution in [0.25, 0.3) is 0 Å². The molecule has 0 fully saturated rings. The van der Waals surface area contributed by atoms with Gasteiger partial charge in [0.05, 0.1) is 0 Å². The number of carbonyl (C=O) groups is 1. The van der Waals surface area contributed by atoms with Gasteiger partial charge in [-0.1, -0.05) is 31.5 Å². The van der Waals surface area contributed by atoms with Gasteiger partial charge in [-0.15, -0.1) is 0 Å². The molecule has 118 valence electrons. The maximum Gasteiger partial charge on any atom is 0.286 e. The Labute approximate surface area is 131 Å². The first-order valence-electron chi connectivity index (χ1n) is 7.67. The number of benzene rings is 1. The second kappa shape index (κ2) is 7.69. The normalized spacial score (nSPS) is 10.5. The summed E-state index contributed by atoms with van der Waals surface area (Å²) < 4.78 is 11.4. The van der Waals surface area contributed by atoms with Crippen LogP contribution in [0.2, 0.25) is 0 Å². The minimum atomic E-state index is -0.174. The molecule has 0 saturated heterocycles. The van der Waals surface area contributed by atoms with Crippen LogP contribution in [0.3, 0.4) is 0 Å². The van der Waals surface area contributed by atoms with Crippen LogP contribution in [0, 0.1) is 13.8 Å². The van der Waals surface area contributed by atoms with Crippen LogP contribution in [0.15, 0.2) is 34.7 Å². The molecule has 1 N–H and O–H groups in total. The topological polar surface area (TPSA) is 51.5 Å². The number of carbonyl (C=O) groups excluding carboxylic acids is 1. The second-order valence-electron chi connectivity index (χ2n) is 5.39. The number of furan rings is 1. The van der Waals surface area contributed by atoms with Gasteiger partial charge in [0.2, 0.25) is 0 Å². The summed E-state index contributed by atoms with van der Waals surface area (Å²) in [5.74, 6) is 1.67. The lowest BCUT2D eigenvalue weighted by atomic mass is 10.1. The Balaban J connectivity index is 1.93. The van der Waals surface area contributed by atoms with E-state index in [1.165, 1.54) is 0 Å². The molecule has 0 radical (unpaired) electrons. The van der Waals surface area contributed by atoms with E-state index in [0.717, 1.165) is 29.7 Å². The first kappa shape index (κ1) is 16.1. The van der Waals surface area contributed by atoms with Gasteiger partial charge >= 0.3 is 0 Å². The molecular formula is C18H23NO3. The van der Waals surface area contributed by atoms with Crippen molar-refractivity contribution in [2.45, 2.75) is 40.2 Å². The molecule has 2 rings (SSSR count). The van der Waals surface area contributed by atoms with Crippen LogP contribution < -0.4 is 10.1 Å². The lowest BCUT2D eigenvalue weighted by Crippen LogP contribution is -2.23. The van der Waals surface area contributed by atoms with E-state index >= 15 is 0 Å². The van der Waals surface area contributed by atoms with Gasteiger partial charge in [0.25, 0.3) is 5.91 Å². The molecule has 0 aliphatic rings. The summed E-state index contributed by atoms with van der Waals surface area (Å²) in [6.07, 6.45) is 2.02. The maximum atomic E-state index is 11.9. The van der Waals surface area contributed by atoms with Gasteiger partial charge in [0, 0.05) is 6.54 Å². The van der Waals surface area contributed by atoms with Crippen LogP contribution in [0.4, 0.5) is 0 Å². The molecular weight excluding hydrogens is 278 g/mol. The Morgan fingerprint density at radius 3 is 2.59 bits per heavy atom. The van der Waals surface area contributed by atoms with E-state index in [4.69, 9.17) is 9.15 Å². The van der Waals surface area contributed by atoms with Crippen molar-refractivity contribution < 1.29 is 13.9 Å². The molecule has 4 nitrogen and oxygen atoms in total. The number of unbranched alkanes of at least 4 members (excludes halogenated alkanes) is 1. The Hall–Kier alpha value is -2.23. The van der Waals surface area contributed by atoms with E-state index in [9.17, 15) is 4.79 Å². The Bertz CT molecular complexity index is 611. The van der Waals surface area contributed by atoms with Crippen molar-refractivity contribution in [3.8, 4) is 5.75 Å². The van der Waals surface area contributed by atoms with Crippen molar-refractivity contribution in [2.24, 2.45) is 0 Å². The first-order valence-corrected chi connectivity index (χ1v) is 7.67. The second-order valence-corrected chi connectivity index (χ2v) is 5.39. The van der Waals surface area contributed by atoms with Crippen molar-refractivity contribution in [1.29, 1.82) is 0 Å². The first-order chi connectivity index (χ1) is 10.6. The van der Waals surface area contributed by atoms with Crippen LogP contribution in [0.5, 0.6) is 5.75 Å². The molecule has 0 aliphatic heterocycles. The number of hydrogen-bond acceptors (Lipinski definition) is 3. The van der Waals surface area contributed by atoms with Crippen LogP contribution in [0.1, 0.15) is 47.2 Å². The molecule has 1 heterocycles. The van der Waals surface area contributed by atoms with Gasteiger partial charge in [-0.05, 0) is 43.5 Å². The monoisotopic (exact) mass is 301 g/mol. The van der Waals surface area contributed by atoms with Gasteiger partial charge in [0.1, 0.15) is 18.1 Å². The predicted molar refractivity (Wildman–Crippen MR) is 86.2 cm³/mol. The van der Waals surface area contributed by atoms with Crippen molar-refractivity contribution in [3.63, 3.8) is 0 Å². The fraction of sp³-hybridized carbons (Fsp3) is 0.389. The van der Waals surface area contributed by atoms with E-state index < -0.39 is 0 Å². The molecule has 4 heteroatoms. The van der Waals surface area contributed by atoms with Gasteiger partial charge in [-0.25, -0.2) is 0 Å². The standard InChI is InChI=1S/C18H23NO3/c1-4-5-11-19-18(20)16-10-9-15(22-16)12-21-17-13(2)7-6-8-14(17)3/h6-10H,4-5,11-12H2,1-3H3,(H,19,20). The van der Waals surface area contributed by atoms with E-state index in [1.807, 2.05) is 32.0 Å². The molecule has 2 aromatic rings. The lowest BCUT2D eigenvalue weighted by Gasteiger charge is -2.10. The molecule has 0 saturated carbocycles. The Morgan fingerprint density at radius 2 is 1.91 bits per heavy atom. The van der Waals surface area contributed by atoms with E-state index in [0.29, 0.717) is 24.7 Å². The summed E-state index contributed by atoms with van der Waals surface area (Å²) in [6, 6.07) is 9.49. The molecule has 0 spiro atoms. The minimum absolute atomic E-state index is 0.174. The van der Waals surface area contributed by atoms with Gasteiger partial charge in [-0.3, -0.25) is 4.79 Å². The van der Waals surface area contributed by atoms with Crippen molar-refractivity contribution in [2.75, 3.05) is 6.54 Å². The molecule has 22 heavy (non-hydrogen) atoms. The lowest BCUT2D eigenvalue weighted by molar-refractivity contribution is 0.0921. The highest BCUT2D eigenvalue weighted by molar-refractivity contribution is 5.91. The number of aryl methyl sites for hydroxylation is 2. The largest absolute Gasteiger partial charge is 0.485 e. The van der Waals surface area contributed by atoms with Crippen LogP contribution in [-0.2, 0) is 6.61 Å². The van der Waals surface area contributed by atoms with Crippen molar-refractivity contribution in [3.05, 3.63) is 53.0 Å². The average molecular weight is 301 g/mol. The number of rotatable bonds is 7. The maximum absolute atomic E-state index is 11.9. The number of hydrogen-bond donors (Lipinski definition) is 1. The Kier molecular flexibility index (Phi) is 5.64. The highest BCUT2D eigenvalue weighted by atomic mass is 16.5. The van der Waals surface area contributed by atoms with Crippen molar-refractivity contribution in [1.82, 2.24) is 5.32 Å². The molecule has 1 aromatic carbocycles. The number of nitrogens with one attached hydrogen (secondary N) is 1. The number of ether oxygens (including phenoxy) is 1. The average Bonchev–Trinajstić information content (AvgIpc) is 2.96. The fourth-order valence-corrected chi connectivity index (χ4v) is 2.21. The molecule has 1 amide bonds. The Morgan fingerprint density at radius 1 is 1.18 bits per heavy atom. The minimum Gasteiger partial charge on any atom is -0.485 e. The summed E-state index contributed by atoms with van der Waals surface area (Å²) in [7, 11) is 0. The zero-order valence-electron chi connectivity index (χ0n) is 13.4. The highest BCUT2D eigenvalue weighted by Gasteiger charge is 2.11. The number of amides is 1. The summed E-state index contributed by atoms with van der Waals surface area (Å²) in [5, 5.41) is 2.83. The van der Waals surface area contributed by atoms with E-state index in [1.54, 1.807) is 12.1 Å². The smallest absolute Gasteiger partial charge is 0.286 e. The summed E-state index contributed by atoms with van der Waals surface area (Å²) >= 11 is 0. The molecule has 0 aliphatic carbocycles. The summed E-state index contributed by atoms with van der Waals surface area (Å²) in [5.41, 5.74) is 2.17. The van der Waals surface area contributed by atoms with Crippen LogP contribution in [-0.4, -0.2) is 12.5 Å².